The molecule has 3 rings (SSSR count). The Labute approximate surface area is 125 Å². The second kappa shape index (κ2) is 5.42. The van der Waals surface area contributed by atoms with Crippen LogP contribution in [0.2, 0.25) is 0 Å². The molecule has 5 nitrogen and oxygen atoms in total. The predicted molar refractivity (Wildman–Crippen MR) is 79.9 cm³/mol. The van der Waals surface area contributed by atoms with Gasteiger partial charge in [0, 0.05) is 18.9 Å². The SMILES string of the molecule is NS(=O)(=O)CC1CC(=O)N(C2CCCc3ccccc32)C1. The van der Waals surface area contributed by atoms with E-state index in [0.29, 0.717) is 6.54 Å². The van der Waals surface area contributed by atoms with Gasteiger partial charge in [0.1, 0.15) is 0 Å². The van der Waals surface area contributed by atoms with Crippen molar-refractivity contribution in [2.45, 2.75) is 31.7 Å². The number of amides is 1. The van der Waals surface area contributed by atoms with Crippen LogP contribution in [0.4, 0.5) is 0 Å². The van der Waals surface area contributed by atoms with Gasteiger partial charge in [-0.3, -0.25) is 4.79 Å². The maximum Gasteiger partial charge on any atom is 0.223 e. The van der Waals surface area contributed by atoms with Gasteiger partial charge in [-0.25, -0.2) is 13.6 Å². The molecule has 1 saturated heterocycles. The number of aryl methyl sites for hydroxylation is 1. The van der Waals surface area contributed by atoms with Crippen LogP contribution in [0.25, 0.3) is 0 Å². The number of likely N-dealkylation sites (tertiary alicyclic amines) is 1. The average molecular weight is 308 g/mol. The van der Waals surface area contributed by atoms with E-state index in [-0.39, 0.29) is 30.0 Å². The first-order valence-electron chi connectivity index (χ1n) is 7.32. The number of carbonyl (C=O) groups is 1. The number of hydrogen-bond acceptors (Lipinski definition) is 3. The number of sulfonamides is 1. The summed E-state index contributed by atoms with van der Waals surface area (Å²) in [6.45, 7) is 0.494. The molecular formula is C15H20N2O3S. The van der Waals surface area contributed by atoms with E-state index in [1.807, 2.05) is 17.0 Å². The Kier molecular flexibility index (Phi) is 3.75. The molecule has 2 N–H and O–H groups in total. The first kappa shape index (κ1) is 14.5. The third-order valence-electron chi connectivity index (χ3n) is 4.42. The molecule has 1 fully saturated rings. The number of fused-ring (bicyclic) bond motifs is 1. The molecule has 1 heterocycles. The fourth-order valence-electron chi connectivity index (χ4n) is 3.60. The van der Waals surface area contributed by atoms with E-state index in [0.717, 1.165) is 19.3 Å². The number of carbonyl (C=O) groups excluding carboxylic acids is 1. The molecule has 1 amide bonds. The van der Waals surface area contributed by atoms with Crippen LogP contribution in [-0.4, -0.2) is 31.5 Å². The highest BCUT2D eigenvalue weighted by atomic mass is 32.2. The van der Waals surface area contributed by atoms with Crippen LogP contribution in [0.15, 0.2) is 24.3 Å². The van der Waals surface area contributed by atoms with Gasteiger partial charge in [0.2, 0.25) is 15.9 Å². The molecule has 0 aromatic heterocycles. The third kappa shape index (κ3) is 3.11. The summed E-state index contributed by atoms with van der Waals surface area (Å²) in [5.41, 5.74) is 2.52. The number of hydrogen-bond donors (Lipinski definition) is 1. The normalized spacial score (nSPS) is 26.0. The second-order valence-electron chi connectivity index (χ2n) is 6.05. The minimum Gasteiger partial charge on any atom is -0.335 e. The molecule has 0 bridgehead atoms. The Balaban J connectivity index is 1.81. The van der Waals surface area contributed by atoms with Gasteiger partial charge < -0.3 is 4.90 Å². The zero-order valence-electron chi connectivity index (χ0n) is 11.9. The summed E-state index contributed by atoms with van der Waals surface area (Å²) in [4.78, 5) is 14.1. The highest BCUT2D eigenvalue weighted by Crippen LogP contribution is 2.37. The molecule has 1 aromatic rings. The number of nitrogens with zero attached hydrogens (tertiary/aromatic N) is 1. The summed E-state index contributed by atoms with van der Waals surface area (Å²) in [7, 11) is -3.52. The van der Waals surface area contributed by atoms with Crippen molar-refractivity contribution >= 4 is 15.9 Å². The maximum absolute atomic E-state index is 12.3. The third-order valence-corrected chi connectivity index (χ3v) is 5.36. The summed E-state index contributed by atoms with van der Waals surface area (Å²) < 4.78 is 22.4. The number of primary sulfonamides is 1. The lowest BCUT2D eigenvalue weighted by molar-refractivity contribution is -0.130. The van der Waals surface area contributed by atoms with Gasteiger partial charge in [-0.1, -0.05) is 24.3 Å². The Hall–Kier alpha value is -1.40. The van der Waals surface area contributed by atoms with E-state index in [1.54, 1.807) is 0 Å². The first-order chi connectivity index (χ1) is 9.94. The smallest absolute Gasteiger partial charge is 0.223 e. The Morgan fingerprint density at radius 1 is 1.29 bits per heavy atom. The van der Waals surface area contributed by atoms with Gasteiger partial charge in [0.15, 0.2) is 0 Å². The van der Waals surface area contributed by atoms with Crippen LogP contribution in [0.1, 0.15) is 36.4 Å². The van der Waals surface area contributed by atoms with Gasteiger partial charge in [-0.2, -0.15) is 0 Å². The van der Waals surface area contributed by atoms with Gasteiger partial charge in [-0.15, -0.1) is 0 Å². The summed E-state index contributed by atoms with van der Waals surface area (Å²) >= 11 is 0. The summed E-state index contributed by atoms with van der Waals surface area (Å²) in [6.07, 6.45) is 3.35. The highest BCUT2D eigenvalue weighted by Gasteiger charge is 2.37. The Morgan fingerprint density at radius 3 is 2.81 bits per heavy atom. The van der Waals surface area contributed by atoms with Crippen molar-refractivity contribution < 1.29 is 13.2 Å². The van der Waals surface area contributed by atoms with Gasteiger partial charge >= 0.3 is 0 Å². The number of rotatable bonds is 3. The van der Waals surface area contributed by atoms with E-state index in [4.69, 9.17) is 5.14 Å². The molecule has 1 aliphatic carbocycles. The lowest BCUT2D eigenvalue weighted by Crippen LogP contribution is -2.33. The molecule has 6 heteroatoms. The van der Waals surface area contributed by atoms with Crippen molar-refractivity contribution in [3.8, 4) is 0 Å². The second-order valence-corrected chi connectivity index (χ2v) is 7.71. The van der Waals surface area contributed by atoms with Crippen molar-refractivity contribution in [3.63, 3.8) is 0 Å². The Bertz CT molecular complexity index is 657. The van der Waals surface area contributed by atoms with Crippen molar-refractivity contribution in [1.29, 1.82) is 0 Å². The van der Waals surface area contributed by atoms with Crippen molar-refractivity contribution in [3.05, 3.63) is 35.4 Å². The summed E-state index contributed by atoms with van der Waals surface area (Å²) in [5, 5.41) is 5.10. The van der Waals surface area contributed by atoms with E-state index in [1.165, 1.54) is 11.1 Å². The lowest BCUT2D eigenvalue weighted by Gasteiger charge is -2.33. The molecule has 2 aliphatic rings. The summed E-state index contributed by atoms with van der Waals surface area (Å²) in [5.74, 6) is -0.240. The maximum atomic E-state index is 12.3. The standard InChI is InChI=1S/C15H20N2O3S/c16-21(19,20)10-11-8-15(18)17(9-11)14-7-3-5-12-4-1-2-6-13(12)14/h1-2,4,6,11,14H,3,5,7-10H2,(H2,16,19,20). The highest BCUT2D eigenvalue weighted by molar-refractivity contribution is 7.89. The molecular weight excluding hydrogens is 288 g/mol. The minimum atomic E-state index is -3.52. The topological polar surface area (TPSA) is 80.5 Å². The van der Waals surface area contributed by atoms with Crippen LogP contribution in [-0.2, 0) is 21.2 Å². The molecule has 0 saturated carbocycles. The van der Waals surface area contributed by atoms with Gasteiger partial charge in [0.25, 0.3) is 0 Å². The molecule has 21 heavy (non-hydrogen) atoms. The van der Waals surface area contributed by atoms with Crippen LogP contribution < -0.4 is 5.14 Å². The zero-order valence-corrected chi connectivity index (χ0v) is 12.7. The van der Waals surface area contributed by atoms with E-state index in [9.17, 15) is 13.2 Å². The van der Waals surface area contributed by atoms with Gasteiger partial charge in [0.05, 0.1) is 11.8 Å². The van der Waals surface area contributed by atoms with Crippen LogP contribution in [0.5, 0.6) is 0 Å². The van der Waals surface area contributed by atoms with E-state index < -0.39 is 10.0 Å². The zero-order chi connectivity index (χ0) is 15.0. The first-order valence-corrected chi connectivity index (χ1v) is 9.03. The number of nitrogens with two attached hydrogens (primary N) is 1. The van der Waals surface area contributed by atoms with Crippen molar-refractivity contribution in [1.82, 2.24) is 4.90 Å². The predicted octanol–water partition coefficient (Wildman–Crippen LogP) is 1.20. The molecule has 1 aromatic carbocycles. The molecule has 0 spiro atoms. The fourth-order valence-corrected chi connectivity index (χ4v) is 4.48. The molecule has 2 unspecified atom stereocenters. The quantitative estimate of drug-likeness (QED) is 0.911. The van der Waals surface area contributed by atoms with Crippen molar-refractivity contribution in [2.24, 2.45) is 11.1 Å². The largest absolute Gasteiger partial charge is 0.335 e. The van der Waals surface area contributed by atoms with Crippen molar-refractivity contribution in [2.75, 3.05) is 12.3 Å². The van der Waals surface area contributed by atoms with Crippen LogP contribution in [0, 0.1) is 5.92 Å². The molecule has 1 aliphatic heterocycles. The van der Waals surface area contributed by atoms with Crippen LogP contribution >= 0.6 is 0 Å². The van der Waals surface area contributed by atoms with E-state index >= 15 is 0 Å². The molecule has 114 valence electrons. The summed E-state index contributed by atoms with van der Waals surface area (Å²) in [6, 6.07) is 8.31. The Morgan fingerprint density at radius 2 is 2.05 bits per heavy atom. The monoisotopic (exact) mass is 308 g/mol. The number of benzene rings is 1. The lowest BCUT2D eigenvalue weighted by atomic mass is 9.87. The molecule has 2 atom stereocenters. The van der Waals surface area contributed by atoms with Crippen LogP contribution in [0.3, 0.4) is 0 Å². The van der Waals surface area contributed by atoms with Gasteiger partial charge in [-0.05, 0) is 30.4 Å². The average Bonchev–Trinajstić information content (AvgIpc) is 2.76. The van der Waals surface area contributed by atoms with E-state index in [2.05, 4.69) is 12.1 Å². The fraction of sp³-hybridized carbons (Fsp3) is 0.533. The minimum absolute atomic E-state index is 0.0466. The molecule has 0 radical (unpaired) electrons.